The zero-order valence-electron chi connectivity index (χ0n) is 12.6. The van der Waals surface area contributed by atoms with Crippen molar-refractivity contribution in [1.29, 1.82) is 0 Å². The Kier molecular flexibility index (Phi) is 4.85. The molecule has 2 aromatic heterocycles. The first kappa shape index (κ1) is 14.8. The van der Waals surface area contributed by atoms with Gasteiger partial charge in [0.1, 0.15) is 5.69 Å². The molecule has 1 unspecified atom stereocenters. The first-order chi connectivity index (χ1) is 10.8. The molecule has 1 fully saturated rings. The van der Waals surface area contributed by atoms with Crippen molar-refractivity contribution in [3.8, 4) is 0 Å². The summed E-state index contributed by atoms with van der Waals surface area (Å²) in [6.45, 7) is 3.42. The highest BCUT2D eigenvalue weighted by Gasteiger charge is 2.17. The molecule has 0 radical (unpaired) electrons. The molecule has 0 aliphatic carbocycles. The van der Waals surface area contributed by atoms with Gasteiger partial charge >= 0.3 is 0 Å². The molecule has 118 valence electrons. The van der Waals surface area contributed by atoms with Crippen molar-refractivity contribution in [2.75, 3.05) is 19.6 Å². The van der Waals surface area contributed by atoms with Crippen LogP contribution in [-0.2, 0) is 6.54 Å². The fourth-order valence-electron chi connectivity index (χ4n) is 2.69. The van der Waals surface area contributed by atoms with Crippen LogP contribution in [0.5, 0.6) is 0 Å². The average Bonchev–Trinajstić information content (AvgIpc) is 3.24. The molecule has 2 aromatic rings. The van der Waals surface area contributed by atoms with Gasteiger partial charge in [-0.3, -0.25) is 14.2 Å². The van der Waals surface area contributed by atoms with Gasteiger partial charge in [0.15, 0.2) is 0 Å². The van der Waals surface area contributed by atoms with E-state index >= 15 is 0 Å². The van der Waals surface area contributed by atoms with E-state index in [9.17, 15) is 4.79 Å². The normalized spacial score (nSPS) is 18.3. The minimum atomic E-state index is -0.108. The van der Waals surface area contributed by atoms with Gasteiger partial charge in [-0.1, -0.05) is 0 Å². The summed E-state index contributed by atoms with van der Waals surface area (Å²) < 4.78 is 3.77. The molecule has 7 nitrogen and oxygen atoms in total. The summed E-state index contributed by atoms with van der Waals surface area (Å²) in [5, 5.41) is 14.8. The Balaban J connectivity index is 1.44. The quantitative estimate of drug-likeness (QED) is 0.775. The van der Waals surface area contributed by atoms with Gasteiger partial charge in [-0.25, -0.2) is 0 Å². The van der Waals surface area contributed by atoms with E-state index in [1.807, 2.05) is 27.8 Å². The van der Waals surface area contributed by atoms with Crippen molar-refractivity contribution < 1.29 is 4.79 Å². The molecular weight excluding hydrogens is 280 g/mol. The maximum absolute atomic E-state index is 12.1. The maximum Gasteiger partial charge on any atom is 0.271 e. The monoisotopic (exact) mass is 302 g/mol. The molecule has 0 saturated carbocycles. The van der Waals surface area contributed by atoms with Crippen molar-refractivity contribution in [3.05, 3.63) is 36.4 Å². The van der Waals surface area contributed by atoms with Crippen LogP contribution in [0.25, 0.3) is 0 Å². The molecule has 1 atom stereocenters. The number of hydrogen-bond donors (Lipinski definition) is 2. The summed E-state index contributed by atoms with van der Waals surface area (Å²) in [5.41, 5.74) is 0.490. The van der Waals surface area contributed by atoms with Gasteiger partial charge in [0.2, 0.25) is 0 Å². The smallest absolute Gasteiger partial charge is 0.271 e. The molecule has 0 aromatic carbocycles. The number of amides is 1. The Labute approximate surface area is 129 Å². The Morgan fingerprint density at radius 2 is 2.41 bits per heavy atom. The lowest BCUT2D eigenvalue weighted by Gasteiger charge is -2.22. The summed E-state index contributed by atoms with van der Waals surface area (Å²) in [7, 11) is 0. The topological polar surface area (TPSA) is 76.8 Å². The molecule has 0 spiro atoms. The Hall–Kier alpha value is -2.15. The van der Waals surface area contributed by atoms with Crippen LogP contribution in [0.4, 0.5) is 0 Å². The third-order valence-corrected chi connectivity index (χ3v) is 3.89. The minimum Gasteiger partial charge on any atom is -0.351 e. The lowest BCUT2D eigenvalue weighted by atomic mass is 10.1. The molecule has 2 N–H and O–H groups in total. The number of carbonyl (C=O) groups is 1. The Bertz CT molecular complexity index is 585. The van der Waals surface area contributed by atoms with E-state index in [0.717, 1.165) is 38.9 Å². The SMILES string of the molecule is O=C(NCCCn1cccn1)c1ccn(C2CCCNC2)n1. The molecular formula is C15H22N6O. The van der Waals surface area contributed by atoms with Crippen LogP contribution in [-0.4, -0.2) is 45.1 Å². The molecule has 3 rings (SSSR count). The van der Waals surface area contributed by atoms with Crippen LogP contribution < -0.4 is 10.6 Å². The van der Waals surface area contributed by atoms with E-state index in [1.165, 1.54) is 0 Å². The van der Waals surface area contributed by atoms with Gasteiger partial charge in [-0.05, 0) is 37.9 Å². The zero-order valence-corrected chi connectivity index (χ0v) is 12.6. The molecule has 22 heavy (non-hydrogen) atoms. The first-order valence-corrected chi connectivity index (χ1v) is 7.84. The van der Waals surface area contributed by atoms with Crippen molar-refractivity contribution in [2.24, 2.45) is 0 Å². The van der Waals surface area contributed by atoms with E-state index in [4.69, 9.17) is 0 Å². The second kappa shape index (κ2) is 7.22. The fraction of sp³-hybridized carbons (Fsp3) is 0.533. The first-order valence-electron chi connectivity index (χ1n) is 7.84. The van der Waals surface area contributed by atoms with Gasteiger partial charge in [-0.2, -0.15) is 10.2 Å². The molecule has 1 amide bonds. The highest BCUT2D eigenvalue weighted by Crippen LogP contribution is 2.15. The van der Waals surface area contributed by atoms with E-state index in [2.05, 4.69) is 20.8 Å². The van der Waals surface area contributed by atoms with Gasteiger partial charge in [-0.15, -0.1) is 0 Å². The third kappa shape index (κ3) is 3.73. The summed E-state index contributed by atoms with van der Waals surface area (Å²) in [6.07, 6.45) is 8.68. The number of hydrogen-bond acceptors (Lipinski definition) is 4. The van der Waals surface area contributed by atoms with Crippen molar-refractivity contribution >= 4 is 5.91 Å². The van der Waals surface area contributed by atoms with Crippen molar-refractivity contribution in [2.45, 2.75) is 31.8 Å². The van der Waals surface area contributed by atoms with Crippen LogP contribution in [0.3, 0.4) is 0 Å². The number of aromatic nitrogens is 4. The summed E-state index contributed by atoms with van der Waals surface area (Å²) in [6, 6.07) is 4.04. The number of piperidine rings is 1. The lowest BCUT2D eigenvalue weighted by Crippen LogP contribution is -2.32. The summed E-state index contributed by atoms with van der Waals surface area (Å²) >= 11 is 0. The number of carbonyl (C=O) groups excluding carboxylic acids is 1. The minimum absolute atomic E-state index is 0.108. The van der Waals surface area contributed by atoms with Gasteiger partial charge in [0, 0.05) is 38.2 Å². The standard InChI is InChI=1S/C15H22N6O/c22-15(17-7-2-9-20-10-3-8-18-20)14-5-11-21(19-14)13-4-1-6-16-12-13/h3,5,8,10-11,13,16H,1-2,4,6-7,9,12H2,(H,17,22). The molecule has 0 bridgehead atoms. The zero-order chi connectivity index (χ0) is 15.2. The van der Waals surface area contributed by atoms with Crippen molar-refractivity contribution in [3.63, 3.8) is 0 Å². The molecule has 1 aliphatic rings. The highest BCUT2D eigenvalue weighted by atomic mass is 16.1. The van der Waals surface area contributed by atoms with E-state index in [-0.39, 0.29) is 5.91 Å². The average molecular weight is 302 g/mol. The highest BCUT2D eigenvalue weighted by molar-refractivity contribution is 5.92. The number of aryl methyl sites for hydroxylation is 1. The predicted molar refractivity (Wildman–Crippen MR) is 82.5 cm³/mol. The lowest BCUT2D eigenvalue weighted by molar-refractivity contribution is 0.0946. The number of rotatable bonds is 6. The maximum atomic E-state index is 12.1. The Morgan fingerprint density at radius 1 is 1.45 bits per heavy atom. The second-order valence-corrected chi connectivity index (χ2v) is 5.56. The largest absolute Gasteiger partial charge is 0.351 e. The third-order valence-electron chi connectivity index (χ3n) is 3.89. The second-order valence-electron chi connectivity index (χ2n) is 5.56. The number of nitrogens with one attached hydrogen (secondary N) is 2. The van der Waals surface area contributed by atoms with Crippen molar-refractivity contribution in [1.82, 2.24) is 30.2 Å². The molecule has 7 heteroatoms. The summed E-state index contributed by atoms with van der Waals surface area (Å²) in [4.78, 5) is 12.1. The van der Waals surface area contributed by atoms with Gasteiger partial charge < -0.3 is 10.6 Å². The van der Waals surface area contributed by atoms with Crippen LogP contribution in [0.1, 0.15) is 35.8 Å². The van der Waals surface area contributed by atoms with E-state index in [1.54, 1.807) is 12.3 Å². The van der Waals surface area contributed by atoms with E-state index < -0.39 is 0 Å². The van der Waals surface area contributed by atoms with Crippen LogP contribution in [0, 0.1) is 0 Å². The van der Waals surface area contributed by atoms with Gasteiger partial charge in [0.25, 0.3) is 5.91 Å². The van der Waals surface area contributed by atoms with Crippen LogP contribution >= 0.6 is 0 Å². The van der Waals surface area contributed by atoms with Crippen LogP contribution in [0.15, 0.2) is 30.7 Å². The molecule has 1 aliphatic heterocycles. The number of nitrogens with zero attached hydrogens (tertiary/aromatic N) is 4. The summed E-state index contributed by atoms with van der Waals surface area (Å²) in [5.74, 6) is -0.108. The van der Waals surface area contributed by atoms with E-state index in [0.29, 0.717) is 18.3 Å². The van der Waals surface area contributed by atoms with Crippen LogP contribution in [0.2, 0.25) is 0 Å². The van der Waals surface area contributed by atoms with Gasteiger partial charge in [0.05, 0.1) is 6.04 Å². The molecule has 1 saturated heterocycles. The fourth-order valence-corrected chi connectivity index (χ4v) is 2.69. The Morgan fingerprint density at radius 3 is 3.18 bits per heavy atom. The molecule has 3 heterocycles. The predicted octanol–water partition coefficient (Wildman–Crippen LogP) is 0.824.